The van der Waals surface area contributed by atoms with Crippen LogP contribution in [0.15, 0.2) is 24.3 Å². The fourth-order valence-electron chi connectivity index (χ4n) is 0.964. The molecule has 0 spiro atoms. The number of ketones is 1. The van der Waals surface area contributed by atoms with E-state index in [9.17, 15) is 14.0 Å². The molecule has 15 heavy (non-hydrogen) atoms. The molecule has 5 heteroatoms. The van der Waals surface area contributed by atoms with Gasteiger partial charge in [-0.2, -0.15) is 0 Å². The van der Waals surface area contributed by atoms with Gasteiger partial charge in [0.15, 0.2) is 5.78 Å². The Kier molecular flexibility index (Phi) is 4.24. The summed E-state index contributed by atoms with van der Waals surface area (Å²) in [5.74, 6) is -1.28. The lowest BCUT2D eigenvalue weighted by molar-refractivity contribution is -0.118. The maximum atomic E-state index is 12.5. The summed E-state index contributed by atoms with van der Waals surface area (Å²) in [7, 11) is 0. The van der Waals surface area contributed by atoms with Crippen LogP contribution in [0.5, 0.6) is 0 Å². The third kappa shape index (κ3) is 3.67. The minimum absolute atomic E-state index is 0.128. The molecule has 1 aromatic carbocycles. The van der Waals surface area contributed by atoms with Gasteiger partial charge in [0.2, 0.25) is 5.91 Å². The highest BCUT2D eigenvalue weighted by molar-refractivity contribution is 6.27. The third-order valence-electron chi connectivity index (χ3n) is 1.73. The highest BCUT2D eigenvalue weighted by Crippen LogP contribution is 2.02. The van der Waals surface area contributed by atoms with Gasteiger partial charge in [0, 0.05) is 5.56 Å². The maximum absolute atomic E-state index is 12.5. The predicted octanol–water partition coefficient (Wildman–Crippen LogP) is 1.36. The molecule has 1 aromatic rings. The fraction of sp³-hybridized carbons (Fsp3) is 0.200. The zero-order valence-electron chi connectivity index (χ0n) is 7.80. The van der Waals surface area contributed by atoms with Gasteiger partial charge in [0.1, 0.15) is 11.7 Å². The molecule has 0 aliphatic heterocycles. The fourth-order valence-corrected chi connectivity index (χ4v) is 1.06. The molecule has 0 aromatic heterocycles. The van der Waals surface area contributed by atoms with Gasteiger partial charge in [0.25, 0.3) is 0 Å². The van der Waals surface area contributed by atoms with Crippen LogP contribution in [0.25, 0.3) is 0 Å². The second-order valence-corrected chi connectivity index (χ2v) is 3.11. The van der Waals surface area contributed by atoms with E-state index in [0.29, 0.717) is 5.56 Å². The van der Waals surface area contributed by atoms with Gasteiger partial charge in [0.05, 0.1) is 6.54 Å². The van der Waals surface area contributed by atoms with Crippen LogP contribution in [-0.2, 0) is 4.79 Å². The van der Waals surface area contributed by atoms with Crippen molar-refractivity contribution in [2.45, 2.75) is 0 Å². The predicted molar refractivity (Wildman–Crippen MR) is 54.5 cm³/mol. The maximum Gasteiger partial charge on any atom is 0.235 e. The molecule has 0 saturated carbocycles. The Hall–Kier alpha value is -1.42. The number of hydrogen-bond acceptors (Lipinski definition) is 2. The first-order valence-corrected chi connectivity index (χ1v) is 4.78. The number of rotatable bonds is 4. The zero-order valence-corrected chi connectivity index (χ0v) is 8.55. The molecule has 1 amide bonds. The van der Waals surface area contributed by atoms with Gasteiger partial charge in [-0.1, -0.05) is 0 Å². The Morgan fingerprint density at radius 3 is 2.40 bits per heavy atom. The smallest absolute Gasteiger partial charge is 0.235 e. The zero-order chi connectivity index (χ0) is 11.3. The van der Waals surface area contributed by atoms with Crippen LogP contribution >= 0.6 is 11.6 Å². The van der Waals surface area contributed by atoms with Crippen LogP contribution < -0.4 is 5.32 Å². The van der Waals surface area contributed by atoms with Gasteiger partial charge in [-0.3, -0.25) is 9.59 Å². The van der Waals surface area contributed by atoms with Crippen LogP contribution in [-0.4, -0.2) is 24.1 Å². The summed E-state index contributed by atoms with van der Waals surface area (Å²) in [6, 6.07) is 5.11. The Balaban J connectivity index is 2.54. The van der Waals surface area contributed by atoms with E-state index in [4.69, 9.17) is 11.6 Å². The van der Waals surface area contributed by atoms with E-state index in [1.165, 1.54) is 24.3 Å². The molecule has 0 aliphatic carbocycles. The van der Waals surface area contributed by atoms with Gasteiger partial charge in [-0.05, 0) is 24.3 Å². The second kappa shape index (κ2) is 5.46. The summed E-state index contributed by atoms with van der Waals surface area (Å²) < 4.78 is 12.5. The van der Waals surface area contributed by atoms with E-state index in [0.717, 1.165) is 0 Å². The number of carbonyl (C=O) groups is 2. The molecule has 1 rings (SSSR count). The number of alkyl halides is 1. The average Bonchev–Trinajstić information content (AvgIpc) is 2.26. The van der Waals surface area contributed by atoms with E-state index in [2.05, 4.69) is 5.32 Å². The van der Waals surface area contributed by atoms with Gasteiger partial charge >= 0.3 is 0 Å². The molecular weight excluding hydrogens is 221 g/mol. The van der Waals surface area contributed by atoms with Crippen molar-refractivity contribution in [3.63, 3.8) is 0 Å². The van der Waals surface area contributed by atoms with Gasteiger partial charge in [-0.25, -0.2) is 4.39 Å². The van der Waals surface area contributed by atoms with Crippen molar-refractivity contribution < 1.29 is 14.0 Å². The van der Waals surface area contributed by atoms with Crippen LogP contribution in [0.3, 0.4) is 0 Å². The quantitative estimate of drug-likeness (QED) is 0.626. The highest BCUT2D eigenvalue weighted by Gasteiger charge is 2.07. The van der Waals surface area contributed by atoms with E-state index < -0.39 is 11.7 Å². The SMILES string of the molecule is O=C(CCl)NCC(=O)c1ccc(F)cc1. The first-order chi connectivity index (χ1) is 7.13. The Bertz CT molecular complexity index is 364. The molecule has 1 N–H and O–H groups in total. The molecular formula is C10H9ClFNO2. The number of carbonyl (C=O) groups excluding carboxylic acids is 2. The van der Waals surface area contributed by atoms with E-state index in [-0.39, 0.29) is 18.2 Å². The first-order valence-electron chi connectivity index (χ1n) is 4.25. The molecule has 3 nitrogen and oxygen atoms in total. The summed E-state index contributed by atoms with van der Waals surface area (Å²) in [4.78, 5) is 22.1. The van der Waals surface area contributed by atoms with Crippen molar-refractivity contribution in [1.29, 1.82) is 0 Å². The summed E-state index contributed by atoms with van der Waals surface area (Å²) in [6.45, 7) is -0.128. The molecule has 0 radical (unpaired) electrons. The van der Waals surface area contributed by atoms with Crippen molar-refractivity contribution in [1.82, 2.24) is 5.32 Å². The van der Waals surface area contributed by atoms with Crippen LogP contribution in [0.1, 0.15) is 10.4 Å². The molecule has 0 bridgehead atoms. The Morgan fingerprint density at radius 1 is 1.27 bits per heavy atom. The van der Waals surface area contributed by atoms with Crippen molar-refractivity contribution in [2.24, 2.45) is 0 Å². The molecule has 0 fully saturated rings. The lowest BCUT2D eigenvalue weighted by Crippen LogP contribution is -2.30. The largest absolute Gasteiger partial charge is 0.348 e. The second-order valence-electron chi connectivity index (χ2n) is 2.84. The van der Waals surface area contributed by atoms with Crippen molar-refractivity contribution in [3.8, 4) is 0 Å². The monoisotopic (exact) mass is 229 g/mol. The molecule has 0 atom stereocenters. The van der Waals surface area contributed by atoms with E-state index in [1.54, 1.807) is 0 Å². The summed E-state index contributed by atoms with van der Waals surface area (Å²) in [5.41, 5.74) is 0.353. The van der Waals surface area contributed by atoms with Crippen LogP contribution in [0.2, 0.25) is 0 Å². The first kappa shape index (κ1) is 11.7. The minimum Gasteiger partial charge on any atom is -0.348 e. The molecule has 0 unspecified atom stereocenters. The van der Waals surface area contributed by atoms with Crippen molar-refractivity contribution >= 4 is 23.3 Å². The van der Waals surface area contributed by atoms with E-state index in [1.807, 2.05) is 0 Å². The normalized spacial score (nSPS) is 9.73. The lowest BCUT2D eigenvalue weighted by Gasteiger charge is -2.02. The Morgan fingerprint density at radius 2 is 1.87 bits per heavy atom. The Labute approximate surface area is 91.2 Å². The van der Waals surface area contributed by atoms with E-state index >= 15 is 0 Å². The number of halogens is 2. The van der Waals surface area contributed by atoms with Crippen LogP contribution in [0, 0.1) is 5.82 Å². The molecule has 0 saturated heterocycles. The minimum atomic E-state index is -0.410. The van der Waals surface area contributed by atoms with Gasteiger partial charge < -0.3 is 5.32 Å². The number of Topliss-reactive ketones (excluding diaryl/α,β-unsaturated/α-hetero) is 1. The topological polar surface area (TPSA) is 46.2 Å². The summed E-state index contributed by atoms with van der Waals surface area (Å²) in [5, 5.41) is 2.33. The summed E-state index contributed by atoms with van der Waals surface area (Å²) in [6.07, 6.45) is 0. The van der Waals surface area contributed by atoms with Gasteiger partial charge in [-0.15, -0.1) is 11.6 Å². The molecule has 0 heterocycles. The molecule has 80 valence electrons. The van der Waals surface area contributed by atoms with Crippen LogP contribution in [0.4, 0.5) is 4.39 Å². The molecule has 0 aliphatic rings. The highest BCUT2D eigenvalue weighted by atomic mass is 35.5. The number of amides is 1. The lowest BCUT2D eigenvalue weighted by atomic mass is 10.1. The van der Waals surface area contributed by atoms with Crippen molar-refractivity contribution in [2.75, 3.05) is 12.4 Å². The number of benzene rings is 1. The number of nitrogens with one attached hydrogen (secondary N) is 1. The standard InChI is InChI=1S/C10H9ClFNO2/c11-5-10(15)13-6-9(14)7-1-3-8(12)4-2-7/h1-4H,5-6H2,(H,13,15). The third-order valence-corrected chi connectivity index (χ3v) is 1.98. The average molecular weight is 230 g/mol. The summed E-state index contributed by atoms with van der Waals surface area (Å²) >= 11 is 5.23. The number of hydrogen-bond donors (Lipinski definition) is 1. The van der Waals surface area contributed by atoms with Crippen molar-refractivity contribution in [3.05, 3.63) is 35.6 Å².